The van der Waals surface area contributed by atoms with E-state index < -0.39 is 5.97 Å². The van der Waals surface area contributed by atoms with Crippen molar-refractivity contribution in [1.29, 1.82) is 0 Å². The van der Waals surface area contributed by atoms with E-state index in [1.165, 1.54) is 0 Å². The Bertz CT molecular complexity index is 180. The van der Waals surface area contributed by atoms with E-state index in [4.69, 9.17) is 5.11 Å². The Morgan fingerprint density at radius 2 is 1.79 bits per heavy atom. The topological polar surface area (TPSA) is 43.8 Å². The van der Waals surface area contributed by atoms with Crippen LogP contribution in [0.2, 0.25) is 0 Å². The first-order valence-corrected chi connectivity index (χ1v) is 4.78. The van der Waals surface area contributed by atoms with Gasteiger partial charge in [-0.25, -0.2) is 0 Å². The monoisotopic (exact) mass is 283 g/mol. The molecule has 1 heterocycles. The van der Waals surface area contributed by atoms with Crippen molar-refractivity contribution >= 4 is 5.97 Å². The maximum absolute atomic E-state index is 10.4. The quantitative estimate of drug-likeness (QED) is 0.798. The third-order valence-electron chi connectivity index (χ3n) is 2.50. The summed E-state index contributed by atoms with van der Waals surface area (Å²) >= 11 is 0. The molecule has 0 atom stereocenters. The van der Waals surface area contributed by atoms with Crippen molar-refractivity contribution in [2.45, 2.75) is 19.9 Å². The maximum Gasteiger partial charge on any atom is 0.317 e. The van der Waals surface area contributed by atoms with E-state index in [-0.39, 0.29) is 26.7 Å². The summed E-state index contributed by atoms with van der Waals surface area (Å²) in [5.74, 6) is -0.724. The van der Waals surface area contributed by atoms with Crippen LogP contribution < -0.4 is 0 Å². The molecule has 0 unspecified atom stereocenters. The van der Waals surface area contributed by atoms with Crippen molar-refractivity contribution in [3.63, 3.8) is 0 Å². The fourth-order valence-electron chi connectivity index (χ4n) is 1.63. The summed E-state index contributed by atoms with van der Waals surface area (Å²) in [7, 11) is 0. The maximum atomic E-state index is 10.4. The first-order chi connectivity index (χ1) is 6.09. The van der Waals surface area contributed by atoms with Gasteiger partial charge >= 0.3 is 5.97 Å². The van der Waals surface area contributed by atoms with E-state index in [1.54, 1.807) is 0 Å². The third-order valence-corrected chi connectivity index (χ3v) is 2.50. The van der Waals surface area contributed by atoms with Gasteiger partial charge in [-0.15, -0.1) is 0 Å². The van der Waals surface area contributed by atoms with Gasteiger partial charge in [-0.05, 0) is 13.8 Å². The predicted octanol–water partition coefficient (Wildman–Crippen LogP) is 0.0945. The molecule has 1 N–H and O–H groups in total. The van der Waals surface area contributed by atoms with Gasteiger partial charge in [0.1, 0.15) is 0 Å². The molecule has 83 valence electrons. The second kappa shape index (κ2) is 6.51. The van der Waals surface area contributed by atoms with Crippen LogP contribution in [0.3, 0.4) is 0 Å². The summed E-state index contributed by atoms with van der Waals surface area (Å²) in [6.45, 7) is 8.27. The number of piperazine rings is 1. The minimum atomic E-state index is -0.724. The van der Waals surface area contributed by atoms with Crippen molar-refractivity contribution in [2.75, 3.05) is 32.7 Å². The average molecular weight is 284 g/mol. The summed E-state index contributed by atoms with van der Waals surface area (Å²) in [4.78, 5) is 14.8. The molecule has 1 radical (unpaired) electrons. The predicted molar refractivity (Wildman–Crippen MR) is 50.8 cm³/mol. The number of carbonyl (C=O) groups is 1. The Hall–Kier alpha value is 0.0394. The van der Waals surface area contributed by atoms with Crippen LogP contribution in [0.4, 0.5) is 0 Å². The second-order valence-corrected chi connectivity index (χ2v) is 3.80. The molecule has 0 amide bonds. The molecule has 0 bridgehead atoms. The van der Waals surface area contributed by atoms with Crippen LogP contribution >= 0.6 is 0 Å². The molecule has 4 nitrogen and oxygen atoms in total. The number of hydrogen-bond donors (Lipinski definition) is 1. The van der Waals surface area contributed by atoms with E-state index in [2.05, 4.69) is 18.7 Å². The number of nitrogens with zero attached hydrogens (tertiary/aromatic N) is 2. The molecular weight excluding hydrogens is 266 g/mol. The molecule has 1 rings (SSSR count). The van der Waals surface area contributed by atoms with Gasteiger partial charge in [0.2, 0.25) is 0 Å². The molecule has 0 aromatic heterocycles. The Balaban J connectivity index is 0.00000169. The largest absolute Gasteiger partial charge is 0.480 e. The van der Waals surface area contributed by atoms with E-state index in [0.29, 0.717) is 6.04 Å². The standard InChI is InChI=1S/C9H18N2O2.Tc/c1-8(2)11-5-3-10(4-6-11)7-9(12)13;/h8H,3-7H2,1-2H3,(H,12,13);. The summed E-state index contributed by atoms with van der Waals surface area (Å²) in [5.41, 5.74) is 0. The van der Waals surface area contributed by atoms with Crippen LogP contribution in [-0.4, -0.2) is 59.6 Å². The van der Waals surface area contributed by atoms with Gasteiger partial charge in [-0.1, -0.05) is 0 Å². The van der Waals surface area contributed by atoms with Crippen molar-refractivity contribution in [2.24, 2.45) is 0 Å². The number of carboxylic acid groups (broad SMARTS) is 1. The Kier molecular flexibility index (Phi) is 6.53. The minimum Gasteiger partial charge on any atom is -0.480 e. The van der Waals surface area contributed by atoms with E-state index in [0.717, 1.165) is 26.2 Å². The van der Waals surface area contributed by atoms with Crippen molar-refractivity contribution in [3.8, 4) is 0 Å². The molecule has 0 aromatic carbocycles. The fraction of sp³-hybridized carbons (Fsp3) is 0.889. The van der Waals surface area contributed by atoms with Crippen LogP contribution in [0.15, 0.2) is 0 Å². The molecule has 0 saturated carbocycles. The van der Waals surface area contributed by atoms with E-state index >= 15 is 0 Å². The van der Waals surface area contributed by atoms with Crippen LogP contribution in [-0.2, 0) is 24.9 Å². The van der Waals surface area contributed by atoms with Crippen LogP contribution in [0.5, 0.6) is 0 Å². The Morgan fingerprint density at radius 1 is 1.29 bits per heavy atom. The zero-order chi connectivity index (χ0) is 9.84. The van der Waals surface area contributed by atoms with Gasteiger partial charge in [-0.3, -0.25) is 14.6 Å². The summed E-state index contributed by atoms with van der Waals surface area (Å²) in [5, 5.41) is 8.59. The fourth-order valence-corrected chi connectivity index (χ4v) is 1.63. The molecule has 1 aliphatic rings. The average Bonchev–Trinajstić information content (AvgIpc) is 2.04. The van der Waals surface area contributed by atoms with Crippen molar-refractivity contribution in [3.05, 3.63) is 0 Å². The van der Waals surface area contributed by atoms with E-state index in [1.807, 2.05) is 4.90 Å². The first kappa shape index (κ1) is 14.0. The molecule has 0 aromatic rings. The zero-order valence-corrected chi connectivity index (χ0v) is 10.6. The van der Waals surface area contributed by atoms with Crippen molar-refractivity contribution < 1.29 is 30.0 Å². The minimum absolute atomic E-state index is 0. The molecular formula is C9H18N2O2Tc. The normalized spacial score (nSPS) is 19.4. The van der Waals surface area contributed by atoms with Gasteiger partial charge in [0.25, 0.3) is 0 Å². The van der Waals surface area contributed by atoms with Crippen LogP contribution in [0.25, 0.3) is 0 Å². The molecule has 1 aliphatic heterocycles. The Morgan fingerprint density at radius 3 is 2.14 bits per heavy atom. The van der Waals surface area contributed by atoms with Crippen LogP contribution in [0, 0.1) is 0 Å². The van der Waals surface area contributed by atoms with E-state index in [9.17, 15) is 4.79 Å². The Labute approximate surface area is 98.6 Å². The van der Waals surface area contributed by atoms with Gasteiger partial charge in [0.05, 0.1) is 6.54 Å². The second-order valence-electron chi connectivity index (χ2n) is 3.80. The van der Waals surface area contributed by atoms with Gasteiger partial charge in [0.15, 0.2) is 0 Å². The zero-order valence-electron chi connectivity index (χ0n) is 8.74. The molecule has 0 aliphatic carbocycles. The van der Waals surface area contributed by atoms with Crippen LogP contribution in [0.1, 0.15) is 13.8 Å². The number of rotatable bonds is 3. The number of hydrogen-bond acceptors (Lipinski definition) is 3. The third kappa shape index (κ3) is 4.51. The SMILES string of the molecule is CC(C)N1CCN(CC(=O)O)CC1.[Tc]. The van der Waals surface area contributed by atoms with Gasteiger partial charge in [0, 0.05) is 52.3 Å². The molecule has 0 spiro atoms. The van der Waals surface area contributed by atoms with Crippen molar-refractivity contribution in [1.82, 2.24) is 9.80 Å². The molecule has 1 fully saturated rings. The van der Waals surface area contributed by atoms with Gasteiger partial charge in [-0.2, -0.15) is 0 Å². The summed E-state index contributed by atoms with van der Waals surface area (Å²) in [6.07, 6.45) is 0. The van der Waals surface area contributed by atoms with Gasteiger partial charge < -0.3 is 5.11 Å². The number of aliphatic carboxylic acids is 1. The smallest absolute Gasteiger partial charge is 0.317 e. The molecule has 5 heteroatoms. The summed E-state index contributed by atoms with van der Waals surface area (Å²) in [6, 6.07) is 0.576. The number of carboxylic acids is 1. The first-order valence-electron chi connectivity index (χ1n) is 4.78. The molecule has 1 saturated heterocycles. The molecule has 14 heavy (non-hydrogen) atoms. The summed E-state index contributed by atoms with van der Waals surface area (Å²) < 4.78 is 0.